The first-order valence-corrected chi connectivity index (χ1v) is 14.6. The lowest BCUT2D eigenvalue weighted by atomic mass is 9.85. The van der Waals surface area contributed by atoms with E-state index >= 15 is 0 Å². The molecule has 1 fully saturated rings. The van der Waals surface area contributed by atoms with Gasteiger partial charge in [0.2, 0.25) is 18.6 Å². The Balaban J connectivity index is 1.38. The molecule has 0 bridgehead atoms. The Morgan fingerprint density at radius 2 is 1.93 bits per heavy atom. The Bertz CT molecular complexity index is 1490. The normalized spacial score (nSPS) is 17.5. The summed E-state index contributed by atoms with van der Waals surface area (Å²) in [5, 5.41) is 13.7. The highest BCUT2D eigenvalue weighted by Crippen LogP contribution is 2.37. The molecule has 0 spiro atoms. The van der Waals surface area contributed by atoms with Gasteiger partial charge in [-0.05, 0) is 50.4 Å². The smallest absolute Gasteiger partial charge is 0.247 e. The van der Waals surface area contributed by atoms with Crippen molar-refractivity contribution in [2.45, 2.75) is 58.7 Å². The number of carbonyl (C=O) groups is 2. The van der Waals surface area contributed by atoms with E-state index < -0.39 is 12.1 Å². The molecular weight excluding hydrogens is 550 g/mol. The van der Waals surface area contributed by atoms with Crippen molar-refractivity contribution in [2.75, 3.05) is 44.7 Å². The molecule has 0 saturated carbocycles. The zero-order valence-corrected chi connectivity index (χ0v) is 25.6. The van der Waals surface area contributed by atoms with Crippen molar-refractivity contribution < 1.29 is 23.8 Å². The molecule has 4 N–H and O–H groups in total. The fourth-order valence-electron chi connectivity index (χ4n) is 5.41. The van der Waals surface area contributed by atoms with E-state index in [1.165, 1.54) is 6.33 Å². The second-order valence-corrected chi connectivity index (χ2v) is 12.1. The van der Waals surface area contributed by atoms with Crippen LogP contribution in [-0.2, 0) is 9.59 Å². The molecule has 12 nitrogen and oxygen atoms in total. The van der Waals surface area contributed by atoms with E-state index in [2.05, 4.69) is 38.2 Å². The molecule has 2 aliphatic heterocycles. The van der Waals surface area contributed by atoms with Crippen LogP contribution in [0.15, 0.2) is 36.7 Å². The highest BCUT2D eigenvalue weighted by molar-refractivity contribution is 6.02. The molecule has 2 aliphatic rings. The fourth-order valence-corrected chi connectivity index (χ4v) is 5.41. The largest absolute Gasteiger partial charge is 0.494 e. The summed E-state index contributed by atoms with van der Waals surface area (Å²) in [6.45, 7) is 9.51. The molecule has 12 heteroatoms. The molecule has 3 heterocycles. The van der Waals surface area contributed by atoms with Gasteiger partial charge in [-0.2, -0.15) is 0 Å². The second kappa shape index (κ2) is 12.6. The minimum Gasteiger partial charge on any atom is -0.494 e. The number of hydrogen-bond donors (Lipinski definition) is 4. The Labute approximate surface area is 251 Å². The summed E-state index contributed by atoms with van der Waals surface area (Å²) >= 11 is 0. The first-order chi connectivity index (χ1) is 20.6. The minimum absolute atomic E-state index is 0.0671. The third-order valence-corrected chi connectivity index (χ3v) is 7.92. The number of amides is 2. The van der Waals surface area contributed by atoms with Crippen LogP contribution in [0.4, 0.5) is 17.2 Å². The molecule has 2 aromatic carbocycles. The summed E-state index contributed by atoms with van der Waals surface area (Å²) in [4.78, 5) is 38.2. The molecule has 3 atom stereocenters. The number of nitrogens with one attached hydrogen (secondary N) is 4. The van der Waals surface area contributed by atoms with Crippen LogP contribution in [0.3, 0.4) is 0 Å². The van der Waals surface area contributed by atoms with E-state index in [0.29, 0.717) is 59.2 Å². The Hall–Kier alpha value is -4.16. The van der Waals surface area contributed by atoms with Crippen molar-refractivity contribution in [1.82, 2.24) is 25.5 Å². The Morgan fingerprint density at radius 1 is 1.14 bits per heavy atom. The molecule has 5 rings (SSSR count). The summed E-state index contributed by atoms with van der Waals surface area (Å²) < 4.78 is 16.5. The van der Waals surface area contributed by atoms with E-state index in [-0.39, 0.29) is 30.1 Å². The summed E-state index contributed by atoms with van der Waals surface area (Å²) in [7, 11) is 3.44. The number of carbonyl (C=O) groups excluding carboxylic acids is 2. The number of nitrogens with zero attached hydrogens (tertiary/aromatic N) is 3. The number of fused-ring (bicyclic) bond motifs is 2. The molecule has 0 radical (unpaired) electrons. The van der Waals surface area contributed by atoms with Gasteiger partial charge < -0.3 is 40.4 Å². The van der Waals surface area contributed by atoms with Crippen LogP contribution in [0.5, 0.6) is 17.2 Å². The highest BCUT2D eigenvalue weighted by atomic mass is 16.7. The highest BCUT2D eigenvalue weighted by Gasteiger charge is 2.41. The lowest BCUT2D eigenvalue weighted by molar-refractivity contribution is -0.140. The second-order valence-electron chi connectivity index (χ2n) is 12.1. The number of aromatic nitrogens is 2. The minimum atomic E-state index is -0.598. The number of methoxy groups -OCH3 is 1. The molecule has 3 aromatic rings. The van der Waals surface area contributed by atoms with Crippen molar-refractivity contribution in [3.63, 3.8) is 0 Å². The molecule has 230 valence electrons. The molecular formula is C31H41N7O5. The first-order valence-electron chi connectivity index (χ1n) is 14.6. The molecule has 0 aliphatic carbocycles. The zero-order chi connectivity index (χ0) is 30.7. The maximum absolute atomic E-state index is 13.8. The summed E-state index contributed by atoms with van der Waals surface area (Å²) in [5.74, 6) is 2.01. The average Bonchev–Trinajstić information content (AvgIpc) is 3.66. The van der Waals surface area contributed by atoms with E-state index in [4.69, 9.17) is 14.2 Å². The molecule has 2 amide bonds. The SMILES string of the molecule is CN[C@@H](C)CN[C@H](C(=O)N1CCC[C@H]1C(=O)Nc1cc2c(Nc3ccc4c(c3)OCO4)ncnc2cc1OC)C(C)(C)C. The average molecular weight is 592 g/mol. The number of likely N-dealkylation sites (tertiary alicyclic amines) is 1. The maximum atomic E-state index is 13.8. The molecule has 1 saturated heterocycles. The quantitative estimate of drug-likeness (QED) is 0.276. The maximum Gasteiger partial charge on any atom is 0.247 e. The van der Waals surface area contributed by atoms with E-state index in [0.717, 1.165) is 12.1 Å². The van der Waals surface area contributed by atoms with Gasteiger partial charge in [0.1, 0.15) is 23.9 Å². The lowest BCUT2D eigenvalue weighted by Gasteiger charge is -2.36. The van der Waals surface area contributed by atoms with Gasteiger partial charge in [-0.3, -0.25) is 9.59 Å². The van der Waals surface area contributed by atoms with Crippen molar-refractivity contribution >= 4 is 39.9 Å². The van der Waals surface area contributed by atoms with Crippen LogP contribution < -0.4 is 35.5 Å². The lowest BCUT2D eigenvalue weighted by Crippen LogP contribution is -2.57. The van der Waals surface area contributed by atoms with Crippen molar-refractivity contribution in [3.05, 3.63) is 36.7 Å². The van der Waals surface area contributed by atoms with Crippen LogP contribution in [0.2, 0.25) is 0 Å². The van der Waals surface area contributed by atoms with Gasteiger partial charge in [0.15, 0.2) is 11.5 Å². The van der Waals surface area contributed by atoms with Crippen LogP contribution in [0.1, 0.15) is 40.5 Å². The summed E-state index contributed by atoms with van der Waals surface area (Å²) in [6.07, 6.45) is 2.80. The van der Waals surface area contributed by atoms with Crippen molar-refractivity contribution in [2.24, 2.45) is 5.41 Å². The summed E-state index contributed by atoms with van der Waals surface area (Å²) in [5.41, 5.74) is 1.53. The summed E-state index contributed by atoms with van der Waals surface area (Å²) in [6, 6.07) is 8.26. The van der Waals surface area contributed by atoms with Gasteiger partial charge in [0.05, 0.1) is 24.4 Å². The fraction of sp³-hybridized carbons (Fsp3) is 0.484. The third-order valence-electron chi connectivity index (χ3n) is 7.92. The van der Waals surface area contributed by atoms with Gasteiger partial charge in [-0.15, -0.1) is 0 Å². The number of anilines is 3. The van der Waals surface area contributed by atoms with Crippen LogP contribution in [-0.4, -0.2) is 78.8 Å². The Kier molecular flexibility index (Phi) is 8.88. The van der Waals surface area contributed by atoms with E-state index in [1.54, 1.807) is 24.1 Å². The van der Waals surface area contributed by atoms with Gasteiger partial charge in [0.25, 0.3) is 0 Å². The monoisotopic (exact) mass is 591 g/mol. The van der Waals surface area contributed by atoms with Crippen molar-refractivity contribution in [3.8, 4) is 17.2 Å². The van der Waals surface area contributed by atoms with Crippen LogP contribution in [0.25, 0.3) is 10.9 Å². The number of hydrogen-bond acceptors (Lipinski definition) is 10. The number of benzene rings is 2. The molecule has 0 unspecified atom stereocenters. The van der Waals surface area contributed by atoms with E-state index in [1.807, 2.05) is 46.0 Å². The topological polar surface area (TPSA) is 139 Å². The van der Waals surface area contributed by atoms with Gasteiger partial charge >= 0.3 is 0 Å². The zero-order valence-electron chi connectivity index (χ0n) is 25.6. The molecule has 43 heavy (non-hydrogen) atoms. The van der Waals surface area contributed by atoms with E-state index in [9.17, 15) is 9.59 Å². The number of likely N-dealkylation sites (N-methyl/N-ethyl adjacent to an activating group) is 1. The van der Waals surface area contributed by atoms with Crippen LogP contribution >= 0.6 is 0 Å². The number of rotatable bonds is 10. The predicted molar refractivity (Wildman–Crippen MR) is 165 cm³/mol. The standard InChI is InChI=1S/C31H41N7O5/c1-18(32-5)15-33-27(31(2,3)4)30(40)38-11-7-8-23(38)29(39)37-22-13-20-21(14-25(22)41-6)34-16-35-28(20)36-19-9-10-24-26(12-19)43-17-42-24/h9-10,12-14,16,18,23,27,32-33H,7-8,11,15,17H2,1-6H3,(H,37,39)(H,34,35,36)/t18-,23-,27+/m0/s1. The van der Waals surface area contributed by atoms with Gasteiger partial charge in [-0.25, -0.2) is 9.97 Å². The van der Waals surface area contributed by atoms with Gasteiger partial charge in [-0.1, -0.05) is 20.8 Å². The van der Waals surface area contributed by atoms with Crippen LogP contribution in [0, 0.1) is 5.41 Å². The van der Waals surface area contributed by atoms with Crippen molar-refractivity contribution in [1.29, 1.82) is 0 Å². The Morgan fingerprint density at radius 3 is 2.67 bits per heavy atom. The number of ether oxygens (including phenoxy) is 3. The first kappa shape index (κ1) is 30.3. The third kappa shape index (κ3) is 6.60. The predicted octanol–water partition coefficient (Wildman–Crippen LogP) is 3.65. The molecule has 1 aromatic heterocycles. The van der Waals surface area contributed by atoms with Gasteiger partial charge in [0, 0.05) is 42.3 Å².